The van der Waals surface area contributed by atoms with Gasteiger partial charge in [-0.2, -0.15) is 0 Å². The number of carboxylic acids is 3. The van der Waals surface area contributed by atoms with Crippen molar-refractivity contribution in [1.29, 1.82) is 0 Å². The van der Waals surface area contributed by atoms with E-state index >= 15 is 0 Å². The molecule has 1 atom stereocenters. The molecule has 2 heterocycles. The molecule has 220 valence electrons. The van der Waals surface area contributed by atoms with Crippen LogP contribution >= 0.6 is 0 Å². The molecule has 0 radical (unpaired) electrons. The van der Waals surface area contributed by atoms with Crippen LogP contribution in [0.5, 0.6) is 11.5 Å². The normalized spacial score (nSPS) is 13.0. The first kappa shape index (κ1) is 31.1. The number of rotatable bonds is 11. The molecule has 1 aliphatic heterocycles. The lowest BCUT2D eigenvalue weighted by Crippen LogP contribution is -2.42. The van der Waals surface area contributed by atoms with Gasteiger partial charge in [0, 0.05) is 25.2 Å². The fraction of sp³-hybridized carbons (Fsp3) is 0.357. The zero-order valence-electron chi connectivity index (χ0n) is 22.4. The van der Waals surface area contributed by atoms with E-state index in [0.717, 1.165) is 22.6 Å². The predicted molar refractivity (Wildman–Crippen MR) is 143 cm³/mol. The minimum atomic E-state index is -2.74. The lowest BCUT2D eigenvalue weighted by Gasteiger charge is -2.23. The van der Waals surface area contributed by atoms with Gasteiger partial charge in [0.25, 0.3) is 0 Å². The summed E-state index contributed by atoms with van der Waals surface area (Å²) in [7, 11) is 0. The molecule has 1 unspecified atom stereocenters. The Morgan fingerprint density at radius 2 is 1.63 bits per heavy atom. The van der Waals surface area contributed by atoms with Crippen molar-refractivity contribution in [2.45, 2.75) is 51.5 Å². The van der Waals surface area contributed by atoms with Crippen LogP contribution in [0.3, 0.4) is 0 Å². The lowest BCUT2D eigenvalue weighted by atomic mass is 9.96. The summed E-state index contributed by atoms with van der Waals surface area (Å²) in [6.07, 6.45) is -1.29. The zero-order valence-corrected chi connectivity index (χ0v) is 22.4. The topological polar surface area (TPSA) is 204 Å². The number of benzene rings is 2. The van der Waals surface area contributed by atoms with Crippen LogP contribution in [-0.4, -0.2) is 73.4 Å². The van der Waals surface area contributed by atoms with Gasteiger partial charge in [0.05, 0.1) is 30.6 Å². The number of hydrogen-bond donors (Lipinski definition) is 5. The van der Waals surface area contributed by atoms with E-state index in [2.05, 4.69) is 0 Å². The number of fused-ring (bicyclic) bond motifs is 2. The average molecular weight is 574 g/mol. The van der Waals surface area contributed by atoms with Crippen molar-refractivity contribution >= 4 is 28.9 Å². The van der Waals surface area contributed by atoms with Crippen molar-refractivity contribution in [2.24, 2.45) is 0 Å². The van der Waals surface area contributed by atoms with Gasteiger partial charge in [-0.1, -0.05) is 17.7 Å². The quantitative estimate of drug-likeness (QED) is 0.223. The van der Waals surface area contributed by atoms with Crippen LogP contribution in [0.4, 0.5) is 0 Å². The largest absolute Gasteiger partial charge is 0.481 e. The maximum absolute atomic E-state index is 12.9. The number of hydrogen-bond acceptors (Lipinski definition) is 10. The maximum Gasteiger partial charge on any atom is 0.336 e. The smallest absolute Gasteiger partial charge is 0.336 e. The van der Waals surface area contributed by atoms with Gasteiger partial charge >= 0.3 is 17.9 Å². The van der Waals surface area contributed by atoms with E-state index in [1.807, 2.05) is 48.2 Å². The molecule has 0 amide bonds. The van der Waals surface area contributed by atoms with E-state index in [1.165, 1.54) is 6.26 Å². The Morgan fingerprint density at radius 1 is 0.976 bits per heavy atom. The van der Waals surface area contributed by atoms with Gasteiger partial charge in [0.2, 0.25) is 6.79 Å². The van der Waals surface area contributed by atoms with Gasteiger partial charge in [-0.25, -0.2) is 4.79 Å². The Labute approximate surface area is 233 Å². The second-order valence-electron chi connectivity index (χ2n) is 9.77. The molecule has 13 heteroatoms. The molecule has 0 saturated carbocycles. The fourth-order valence-corrected chi connectivity index (χ4v) is 4.21. The summed E-state index contributed by atoms with van der Waals surface area (Å²) in [6.45, 7) is 5.29. The number of carboxylic acid groups (broad SMARTS) is 3. The molecule has 0 fully saturated rings. The summed E-state index contributed by atoms with van der Waals surface area (Å²) in [5, 5.41) is 44.3. The highest BCUT2D eigenvalue weighted by Gasteiger charge is 2.40. The molecule has 4 rings (SSSR count). The average Bonchev–Trinajstić information content (AvgIpc) is 3.33. The molecule has 41 heavy (non-hydrogen) atoms. The Kier molecular flexibility index (Phi) is 10.1. The van der Waals surface area contributed by atoms with Crippen LogP contribution in [0.1, 0.15) is 36.5 Å². The molecule has 0 spiro atoms. The van der Waals surface area contributed by atoms with E-state index in [4.69, 9.17) is 34.3 Å². The molecule has 2 aromatic carbocycles. The second kappa shape index (κ2) is 13.3. The Bertz CT molecular complexity index is 1460. The molecule has 1 aliphatic rings. The summed E-state index contributed by atoms with van der Waals surface area (Å²) in [5.41, 5.74) is 0.407. The summed E-state index contributed by atoms with van der Waals surface area (Å²) in [5.74, 6) is -3.57. The van der Waals surface area contributed by atoms with Gasteiger partial charge in [0.1, 0.15) is 5.58 Å². The van der Waals surface area contributed by atoms with E-state index in [0.29, 0.717) is 36.2 Å². The van der Waals surface area contributed by atoms with Gasteiger partial charge in [-0.15, -0.1) is 0 Å². The number of aryl methyl sites for hydroxylation is 1. The minimum Gasteiger partial charge on any atom is -0.481 e. The van der Waals surface area contributed by atoms with Crippen LogP contribution in [0.15, 0.2) is 51.9 Å². The first-order valence-electron chi connectivity index (χ1n) is 12.5. The monoisotopic (exact) mass is 573 g/mol. The highest BCUT2D eigenvalue weighted by molar-refractivity contribution is 5.88. The van der Waals surface area contributed by atoms with Crippen molar-refractivity contribution in [2.75, 3.05) is 13.3 Å². The molecule has 1 aromatic heterocycles. The molecular weight excluding hydrogens is 542 g/mol. The third kappa shape index (κ3) is 8.51. The van der Waals surface area contributed by atoms with Crippen LogP contribution in [0, 0.1) is 6.92 Å². The zero-order chi connectivity index (χ0) is 30.3. The van der Waals surface area contributed by atoms with Crippen molar-refractivity contribution in [3.8, 4) is 11.5 Å². The molecular formula is C28H31NO12. The van der Waals surface area contributed by atoms with Crippen molar-refractivity contribution < 1.29 is 53.8 Å². The highest BCUT2D eigenvalue weighted by atomic mass is 16.7. The number of ether oxygens (including phenoxy) is 2. The molecule has 0 aliphatic carbocycles. The first-order valence-corrected chi connectivity index (χ1v) is 12.5. The van der Waals surface area contributed by atoms with E-state index in [9.17, 15) is 24.3 Å². The van der Waals surface area contributed by atoms with Crippen molar-refractivity contribution in [3.05, 3.63) is 69.6 Å². The molecule has 0 saturated heterocycles. The highest BCUT2D eigenvalue weighted by Crippen LogP contribution is 2.33. The Morgan fingerprint density at radius 3 is 2.24 bits per heavy atom. The first-order chi connectivity index (χ1) is 19.3. The molecule has 0 bridgehead atoms. The maximum atomic E-state index is 12.9. The molecule has 13 nitrogen and oxygen atoms in total. The number of nitrogens with zero attached hydrogens (tertiary/aromatic N) is 1. The Hall–Kier alpha value is -4.46. The van der Waals surface area contributed by atoms with Gasteiger partial charge < -0.3 is 39.4 Å². The predicted octanol–water partition coefficient (Wildman–Crippen LogP) is 1.96. The lowest BCUT2D eigenvalue weighted by molar-refractivity contribution is -0.170. The van der Waals surface area contributed by atoms with Gasteiger partial charge in [-0.3, -0.25) is 19.3 Å². The molecule has 3 aromatic rings. The number of carbonyl (C=O) groups is 3. The number of aliphatic hydroxyl groups excluding tert-OH is 1. The SMILES string of the molecule is Cc1ccc2occ(CN(Cc3ccc4c(c3)OCO4)CC(C)O)c(=O)c2c1.O=C(O)CC(O)(CC(=O)O)C(=O)O. The molecule has 5 N–H and O–H groups in total. The summed E-state index contributed by atoms with van der Waals surface area (Å²) in [4.78, 5) is 45.4. The van der Waals surface area contributed by atoms with Crippen LogP contribution in [0.2, 0.25) is 0 Å². The van der Waals surface area contributed by atoms with Crippen molar-refractivity contribution in [3.63, 3.8) is 0 Å². The summed E-state index contributed by atoms with van der Waals surface area (Å²) >= 11 is 0. The van der Waals surface area contributed by atoms with Gasteiger partial charge in [0.15, 0.2) is 22.5 Å². The third-order valence-corrected chi connectivity index (χ3v) is 6.04. The number of aliphatic carboxylic acids is 3. The van der Waals surface area contributed by atoms with Crippen molar-refractivity contribution in [1.82, 2.24) is 4.90 Å². The van der Waals surface area contributed by atoms with Crippen LogP contribution < -0.4 is 14.9 Å². The Balaban J connectivity index is 0.000000302. The standard InChI is InChI=1S/C22H23NO5.C6H8O7/c1-14-3-5-19-18(7-14)22(25)17(12-26-19)11-23(9-15(2)24)10-16-4-6-20-21(8-16)28-13-27-20;7-3(8)1-6(13,5(11)12)2-4(9)10/h3-8,12,15,24H,9-11,13H2,1-2H3;13H,1-2H2,(H,7,8)(H,9,10)(H,11,12). The van der Waals surface area contributed by atoms with E-state index < -0.39 is 42.5 Å². The fourth-order valence-electron chi connectivity index (χ4n) is 4.21. The van der Waals surface area contributed by atoms with Crippen LogP contribution in [0.25, 0.3) is 11.0 Å². The van der Waals surface area contributed by atoms with E-state index in [1.54, 1.807) is 6.92 Å². The van der Waals surface area contributed by atoms with Gasteiger partial charge in [-0.05, 0) is 43.7 Å². The number of aliphatic hydroxyl groups is 2. The second-order valence-corrected chi connectivity index (χ2v) is 9.77. The van der Waals surface area contributed by atoms with E-state index in [-0.39, 0.29) is 12.2 Å². The summed E-state index contributed by atoms with van der Waals surface area (Å²) in [6, 6.07) is 11.4. The van der Waals surface area contributed by atoms with Crippen LogP contribution in [-0.2, 0) is 27.5 Å². The minimum absolute atomic E-state index is 0.0359. The third-order valence-electron chi connectivity index (χ3n) is 6.04. The summed E-state index contributed by atoms with van der Waals surface area (Å²) < 4.78 is 16.5.